The number of para-hydroxylation sites is 2. The molecular weight excluding hydrogens is 556 g/mol. The summed E-state index contributed by atoms with van der Waals surface area (Å²) in [5, 5.41) is 6.20. The topological polar surface area (TPSA) is 101 Å². The van der Waals surface area contributed by atoms with Gasteiger partial charge in [0.1, 0.15) is 11.3 Å². The zero-order chi connectivity index (χ0) is 30.9. The van der Waals surface area contributed by atoms with Crippen LogP contribution in [0.3, 0.4) is 0 Å². The van der Waals surface area contributed by atoms with E-state index in [-0.39, 0.29) is 23.3 Å². The molecule has 2 N–H and O–H groups in total. The Bertz CT molecular complexity index is 1540. The molecule has 0 aliphatic carbocycles. The van der Waals surface area contributed by atoms with Crippen LogP contribution in [0, 0.1) is 13.8 Å². The molecule has 230 valence electrons. The Hall–Kier alpha value is -4.67. The maximum absolute atomic E-state index is 13.4. The Morgan fingerprint density at radius 3 is 2.41 bits per heavy atom. The molecule has 1 aromatic heterocycles. The zero-order valence-corrected chi connectivity index (χ0v) is 25.8. The first-order chi connectivity index (χ1) is 21.4. The third-order valence-electron chi connectivity index (χ3n) is 7.57. The van der Waals surface area contributed by atoms with Gasteiger partial charge in [0.25, 0.3) is 5.91 Å². The number of rotatable bonds is 12. The predicted octanol–water partition coefficient (Wildman–Crippen LogP) is 5.91. The van der Waals surface area contributed by atoms with Gasteiger partial charge in [-0.2, -0.15) is 4.98 Å². The highest BCUT2D eigenvalue weighted by Gasteiger charge is 2.19. The average molecular weight is 597 g/mol. The van der Waals surface area contributed by atoms with Crippen molar-refractivity contribution in [1.82, 2.24) is 19.8 Å². The van der Waals surface area contributed by atoms with Crippen molar-refractivity contribution in [3.05, 3.63) is 89.6 Å². The second-order valence-electron chi connectivity index (χ2n) is 10.9. The third kappa shape index (κ3) is 8.03. The van der Waals surface area contributed by atoms with Crippen LogP contribution in [0.4, 0.5) is 17.3 Å². The molecule has 1 saturated heterocycles. The lowest BCUT2D eigenvalue weighted by Crippen LogP contribution is -2.44. The Kier molecular flexibility index (Phi) is 10.3. The summed E-state index contributed by atoms with van der Waals surface area (Å²) in [5.41, 5.74) is 3.57. The first kappa shape index (κ1) is 30.8. The van der Waals surface area contributed by atoms with Crippen LogP contribution in [0.25, 0.3) is 0 Å². The van der Waals surface area contributed by atoms with E-state index in [1.54, 1.807) is 19.2 Å². The maximum atomic E-state index is 13.4. The van der Waals surface area contributed by atoms with Gasteiger partial charge in [-0.25, -0.2) is 4.98 Å². The first-order valence-electron chi connectivity index (χ1n) is 14.9. The number of carbonyl (C=O) groups excluding carboxylic acids is 1. The molecule has 0 unspecified atom stereocenters. The van der Waals surface area contributed by atoms with Gasteiger partial charge >= 0.3 is 0 Å². The van der Waals surface area contributed by atoms with Crippen molar-refractivity contribution in [2.75, 3.05) is 64.1 Å². The monoisotopic (exact) mass is 596 g/mol. The number of carbonyl (C=O) groups is 1. The highest BCUT2D eigenvalue weighted by molar-refractivity contribution is 6.06. The molecule has 44 heavy (non-hydrogen) atoms. The van der Waals surface area contributed by atoms with E-state index in [2.05, 4.69) is 37.4 Å². The standard InChI is InChI=1S/C34H40N6O4/c1-24-10-8-11-25(2)31(24)37-32(41)28-23-35-34(38-33(28)44-27-12-6-5-7-13-27)36-26-14-15-29(30(22-26)42-4)43-21-9-16-40-19-17-39(3)18-20-40/h5-8,10-15,22-23H,9,16-21H2,1-4H3,(H,37,41)(H,35,36,38). The second-order valence-corrected chi connectivity index (χ2v) is 10.9. The minimum Gasteiger partial charge on any atom is -0.493 e. The van der Waals surface area contributed by atoms with E-state index in [1.807, 2.05) is 68.4 Å². The normalized spacial score (nSPS) is 13.7. The lowest BCUT2D eigenvalue weighted by Gasteiger charge is -2.32. The summed E-state index contributed by atoms with van der Waals surface area (Å²) >= 11 is 0. The number of piperazine rings is 1. The van der Waals surface area contributed by atoms with E-state index < -0.39 is 0 Å². The van der Waals surface area contributed by atoms with E-state index in [0.717, 1.165) is 56.0 Å². The van der Waals surface area contributed by atoms with Crippen molar-refractivity contribution < 1.29 is 19.0 Å². The van der Waals surface area contributed by atoms with Gasteiger partial charge in [0.05, 0.1) is 13.7 Å². The van der Waals surface area contributed by atoms with Gasteiger partial charge in [-0.1, -0.05) is 36.4 Å². The minimum absolute atomic E-state index is 0.129. The van der Waals surface area contributed by atoms with Crippen molar-refractivity contribution in [2.45, 2.75) is 20.3 Å². The molecule has 1 aliphatic heterocycles. The van der Waals surface area contributed by atoms with Crippen LogP contribution >= 0.6 is 0 Å². The number of anilines is 3. The lowest BCUT2D eigenvalue weighted by atomic mass is 10.1. The quantitative estimate of drug-likeness (QED) is 0.193. The third-order valence-corrected chi connectivity index (χ3v) is 7.57. The molecule has 0 atom stereocenters. The van der Waals surface area contributed by atoms with Crippen molar-refractivity contribution in [1.29, 1.82) is 0 Å². The van der Waals surface area contributed by atoms with Crippen molar-refractivity contribution in [2.24, 2.45) is 0 Å². The number of methoxy groups -OCH3 is 1. The van der Waals surface area contributed by atoms with E-state index >= 15 is 0 Å². The Morgan fingerprint density at radius 1 is 0.932 bits per heavy atom. The van der Waals surface area contributed by atoms with Gasteiger partial charge in [0, 0.05) is 56.4 Å². The van der Waals surface area contributed by atoms with Gasteiger partial charge in [-0.3, -0.25) is 4.79 Å². The highest BCUT2D eigenvalue weighted by atomic mass is 16.5. The molecule has 3 aromatic carbocycles. The summed E-state index contributed by atoms with van der Waals surface area (Å²) in [6.07, 6.45) is 2.40. The highest BCUT2D eigenvalue weighted by Crippen LogP contribution is 2.32. The van der Waals surface area contributed by atoms with Crippen LogP contribution in [-0.4, -0.2) is 79.2 Å². The summed E-state index contributed by atoms with van der Waals surface area (Å²) < 4.78 is 17.7. The summed E-state index contributed by atoms with van der Waals surface area (Å²) in [4.78, 5) is 27.2. The average Bonchev–Trinajstić information content (AvgIpc) is 3.03. The number of amides is 1. The zero-order valence-electron chi connectivity index (χ0n) is 25.8. The van der Waals surface area contributed by atoms with E-state index in [4.69, 9.17) is 14.2 Å². The van der Waals surface area contributed by atoms with Gasteiger partial charge in [-0.15, -0.1) is 0 Å². The SMILES string of the molecule is COc1cc(Nc2ncc(C(=O)Nc3c(C)cccc3C)c(Oc3ccccc3)n2)ccc1OCCCN1CCN(C)CC1. The molecule has 1 aliphatic rings. The molecule has 0 radical (unpaired) electrons. The molecule has 5 rings (SSSR count). The summed E-state index contributed by atoms with van der Waals surface area (Å²) in [5.74, 6) is 1.85. The van der Waals surface area contributed by atoms with Crippen LogP contribution < -0.4 is 24.8 Å². The summed E-state index contributed by atoms with van der Waals surface area (Å²) in [7, 11) is 3.78. The molecule has 0 bridgehead atoms. The van der Waals surface area contributed by atoms with Crippen LogP contribution in [0.2, 0.25) is 0 Å². The number of nitrogens with one attached hydrogen (secondary N) is 2. The number of nitrogens with zero attached hydrogens (tertiary/aromatic N) is 4. The molecule has 0 saturated carbocycles. The van der Waals surface area contributed by atoms with Crippen molar-refractivity contribution in [3.63, 3.8) is 0 Å². The number of hydrogen-bond donors (Lipinski definition) is 2. The van der Waals surface area contributed by atoms with Crippen LogP contribution in [0.15, 0.2) is 72.9 Å². The predicted molar refractivity (Wildman–Crippen MR) is 173 cm³/mol. The second kappa shape index (κ2) is 14.7. The molecule has 10 nitrogen and oxygen atoms in total. The number of benzene rings is 3. The number of likely N-dealkylation sites (N-methyl/N-ethyl adjacent to an activating group) is 1. The largest absolute Gasteiger partial charge is 0.493 e. The van der Waals surface area contributed by atoms with Gasteiger partial charge in [0.2, 0.25) is 11.8 Å². The van der Waals surface area contributed by atoms with Crippen molar-refractivity contribution >= 4 is 23.2 Å². The lowest BCUT2D eigenvalue weighted by molar-refractivity contribution is 0.102. The number of aryl methyl sites for hydroxylation is 2. The Balaban J connectivity index is 1.28. The summed E-state index contributed by atoms with van der Waals surface area (Å²) in [6, 6.07) is 20.6. The van der Waals surface area contributed by atoms with E-state index in [0.29, 0.717) is 29.5 Å². The van der Waals surface area contributed by atoms with E-state index in [9.17, 15) is 4.79 Å². The fraction of sp³-hybridized carbons (Fsp3) is 0.324. The van der Waals surface area contributed by atoms with Gasteiger partial charge in [-0.05, 0) is 62.7 Å². The summed E-state index contributed by atoms with van der Waals surface area (Å²) in [6.45, 7) is 9.92. The van der Waals surface area contributed by atoms with Crippen LogP contribution in [0.1, 0.15) is 27.9 Å². The molecule has 2 heterocycles. The maximum Gasteiger partial charge on any atom is 0.262 e. The minimum atomic E-state index is -0.365. The van der Waals surface area contributed by atoms with Gasteiger partial charge in [0.15, 0.2) is 11.5 Å². The van der Waals surface area contributed by atoms with E-state index in [1.165, 1.54) is 6.20 Å². The Morgan fingerprint density at radius 2 is 1.68 bits per heavy atom. The molecular formula is C34H40N6O4. The molecule has 1 fully saturated rings. The smallest absolute Gasteiger partial charge is 0.262 e. The fourth-order valence-corrected chi connectivity index (χ4v) is 4.99. The van der Waals surface area contributed by atoms with Crippen LogP contribution in [-0.2, 0) is 0 Å². The van der Waals surface area contributed by atoms with Crippen LogP contribution in [0.5, 0.6) is 23.1 Å². The molecule has 10 heteroatoms. The molecule has 1 amide bonds. The van der Waals surface area contributed by atoms with Crippen molar-refractivity contribution in [3.8, 4) is 23.1 Å². The van der Waals surface area contributed by atoms with Gasteiger partial charge < -0.3 is 34.6 Å². The number of hydrogen-bond acceptors (Lipinski definition) is 9. The first-order valence-corrected chi connectivity index (χ1v) is 14.9. The number of aromatic nitrogens is 2. The fourth-order valence-electron chi connectivity index (χ4n) is 4.99. The molecule has 0 spiro atoms. The number of ether oxygens (including phenoxy) is 3. The Labute approximate surface area is 259 Å². The molecule has 4 aromatic rings.